The fourth-order valence-electron chi connectivity index (χ4n) is 6.18. The van der Waals surface area contributed by atoms with Crippen molar-refractivity contribution in [1.29, 1.82) is 0 Å². The summed E-state index contributed by atoms with van der Waals surface area (Å²) in [4.78, 5) is 15.1. The van der Waals surface area contributed by atoms with Crippen LogP contribution in [-0.4, -0.2) is 49.7 Å². The molecule has 0 N–H and O–H groups in total. The number of hydrogen-bond donors (Lipinski definition) is 0. The highest BCUT2D eigenvalue weighted by Crippen LogP contribution is 2.49. The first-order valence-corrected chi connectivity index (χ1v) is 12.8. The Morgan fingerprint density at radius 3 is 2.41 bits per heavy atom. The van der Waals surface area contributed by atoms with E-state index in [-0.39, 0.29) is 5.91 Å². The monoisotopic (exact) mass is 416 g/mol. The first-order chi connectivity index (χ1) is 14.0. The second-order valence-corrected chi connectivity index (χ2v) is 11.5. The lowest BCUT2D eigenvalue weighted by atomic mass is 9.86. The Balaban J connectivity index is 1.20. The summed E-state index contributed by atoms with van der Waals surface area (Å²) in [5.41, 5.74) is 2.49. The largest absolute Gasteiger partial charge is 0.340 e. The van der Waals surface area contributed by atoms with Crippen molar-refractivity contribution >= 4 is 15.9 Å². The predicted molar refractivity (Wildman–Crippen MR) is 112 cm³/mol. The van der Waals surface area contributed by atoms with Gasteiger partial charge in [0.05, 0.1) is 4.90 Å². The van der Waals surface area contributed by atoms with Gasteiger partial charge in [0.15, 0.2) is 0 Å². The molecule has 0 aromatic heterocycles. The van der Waals surface area contributed by atoms with Gasteiger partial charge < -0.3 is 4.90 Å². The van der Waals surface area contributed by atoms with Gasteiger partial charge in [-0.15, -0.1) is 0 Å². The van der Waals surface area contributed by atoms with E-state index in [1.165, 1.54) is 43.2 Å². The van der Waals surface area contributed by atoms with E-state index in [1.54, 1.807) is 10.4 Å². The summed E-state index contributed by atoms with van der Waals surface area (Å²) in [6, 6.07) is 5.65. The maximum atomic E-state index is 13.1. The molecule has 3 fully saturated rings. The number of hydrogen-bond acceptors (Lipinski definition) is 3. The SMILES string of the molecule is O=C(C[C@@H]1C[C@H]2CC[C@@H]1C2)N1CCN(S(=O)(=O)c2ccc3c(c2)CCCC3)CC1. The molecule has 5 rings (SSSR count). The molecule has 6 heteroatoms. The summed E-state index contributed by atoms with van der Waals surface area (Å²) in [6.45, 7) is 1.84. The topological polar surface area (TPSA) is 57.7 Å². The van der Waals surface area contributed by atoms with Crippen molar-refractivity contribution in [1.82, 2.24) is 9.21 Å². The fraction of sp³-hybridized carbons (Fsp3) is 0.696. The van der Waals surface area contributed by atoms with Crippen LogP contribution in [0.25, 0.3) is 0 Å². The lowest BCUT2D eigenvalue weighted by Gasteiger charge is -2.35. The quantitative estimate of drug-likeness (QED) is 0.757. The molecule has 2 saturated carbocycles. The van der Waals surface area contributed by atoms with Crippen LogP contribution in [0.3, 0.4) is 0 Å². The Morgan fingerprint density at radius 1 is 0.966 bits per heavy atom. The molecule has 0 unspecified atom stereocenters. The van der Waals surface area contributed by atoms with Gasteiger partial charge in [-0.25, -0.2) is 8.42 Å². The third kappa shape index (κ3) is 3.74. The number of amides is 1. The number of carbonyl (C=O) groups excluding carboxylic acids is 1. The minimum atomic E-state index is -3.48. The highest BCUT2D eigenvalue weighted by Gasteiger charge is 2.41. The summed E-state index contributed by atoms with van der Waals surface area (Å²) >= 11 is 0. The van der Waals surface area contributed by atoms with E-state index in [0.717, 1.165) is 31.1 Å². The normalized spacial score (nSPS) is 29.8. The Hall–Kier alpha value is -1.40. The van der Waals surface area contributed by atoms with E-state index >= 15 is 0 Å². The van der Waals surface area contributed by atoms with Crippen molar-refractivity contribution in [2.24, 2.45) is 17.8 Å². The second kappa shape index (κ2) is 7.69. The predicted octanol–water partition coefficient (Wildman–Crippen LogP) is 3.22. The minimum Gasteiger partial charge on any atom is -0.340 e. The molecule has 1 aliphatic heterocycles. The van der Waals surface area contributed by atoms with Crippen LogP contribution in [0.15, 0.2) is 23.1 Å². The summed E-state index contributed by atoms with van der Waals surface area (Å²) in [5, 5.41) is 0. The molecular formula is C23H32N2O3S. The number of rotatable bonds is 4. The molecule has 158 valence electrons. The maximum absolute atomic E-state index is 13.1. The van der Waals surface area contributed by atoms with Crippen LogP contribution in [0, 0.1) is 17.8 Å². The zero-order valence-corrected chi connectivity index (χ0v) is 18.0. The van der Waals surface area contributed by atoms with Gasteiger partial charge in [0.2, 0.25) is 15.9 Å². The molecule has 1 amide bonds. The molecular weight excluding hydrogens is 384 g/mol. The van der Waals surface area contributed by atoms with Crippen LogP contribution >= 0.6 is 0 Å². The number of aryl methyl sites for hydroxylation is 2. The average molecular weight is 417 g/mol. The van der Waals surface area contributed by atoms with E-state index in [2.05, 4.69) is 0 Å². The Kier molecular flexibility index (Phi) is 5.19. The molecule has 2 bridgehead atoms. The van der Waals surface area contributed by atoms with Crippen LogP contribution in [-0.2, 0) is 27.7 Å². The van der Waals surface area contributed by atoms with E-state index in [4.69, 9.17) is 0 Å². The van der Waals surface area contributed by atoms with Gasteiger partial charge in [-0.2, -0.15) is 4.31 Å². The number of piperazine rings is 1. The van der Waals surface area contributed by atoms with E-state index in [9.17, 15) is 13.2 Å². The van der Waals surface area contributed by atoms with Crippen molar-refractivity contribution < 1.29 is 13.2 Å². The van der Waals surface area contributed by atoms with Crippen molar-refractivity contribution in [3.8, 4) is 0 Å². The second-order valence-electron chi connectivity index (χ2n) is 9.56. The van der Waals surface area contributed by atoms with Gasteiger partial charge in [-0.1, -0.05) is 12.5 Å². The van der Waals surface area contributed by atoms with Crippen molar-refractivity contribution in [3.63, 3.8) is 0 Å². The molecule has 1 saturated heterocycles. The number of carbonyl (C=O) groups is 1. The van der Waals surface area contributed by atoms with E-state index in [1.807, 2.05) is 17.0 Å². The van der Waals surface area contributed by atoms with Crippen LogP contribution in [0.4, 0.5) is 0 Å². The minimum absolute atomic E-state index is 0.230. The van der Waals surface area contributed by atoms with Gasteiger partial charge in [-0.3, -0.25) is 4.79 Å². The van der Waals surface area contributed by atoms with Gasteiger partial charge >= 0.3 is 0 Å². The van der Waals surface area contributed by atoms with E-state index < -0.39 is 10.0 Å². The molecule has 3 atom stereocenters. The lowest BCUT2D eigenvalue weighted by Crippen LogP contribution is -2.50. The Labute approximate surface area is 174 Å². The zero-order chi connectivity index (χ0) is 20.0. The smallest absolute Gasteiger partial charge is 0.243 e. The molecule has 0 radical (unpaired) electrons. The number of fused-ring (bicyclic) bond motifs is 3. The Morgan fingerprint density at radius 2 is 1.72 bits per heavy atom. The van der Waals surface area contributed by atoms with Crippen molar-refractivity contribution in [3.05, 3.63) is 29.3 Å². The first kappa shape index (κ1) is 19.6. The zero-order valence-electron chi connectivity index (χ0n) is 17.2. The summed E-state index contributed by atoms with van der Waals surface area (Å²) in [6.07, 6.45) is 10.2. The highest BCUT2D eigenvalue weighted by atomic mass is 32.2. The van der Waals surface area contributed by atoms with Crippen LogP contribution < -0.4 is 0 Å². The number of nitrogens with zero attached hydrogens (tertiary/aromatic N) is 2. The standard InChI is InChI=1S/C23H32N2O3S/c26-23(16-21-14-17-5-6-20(21)13-17)24-9-11-25(12-10-24)29(27,28)22-8-7-18-3-1-2-4-19(18)15-22/h7-8,15,17,20-21H,1-6,9-14,16H2/t17-,20+,21-/m0/s1. The third-order valence-corrected chi connectivity index (χ3v) is 9.77. The molecule has 29 heavy (non-hydrogen) atoms. The molecule has 1 heterocycles. The van der Waals surface area contributed by atoms with Crippen molar-refractivity contribution in [2.45, 2.75) is 62.7 Å². The summed E-state index contributed by atoms with van der Waals surface area (Å²) in [7, 11) is -3.48. The first-order valence-electron chi connectivity index (χ1n) is 11.4. The fourth-order valence-corrected chi connectivity index (χ4v) is 7.65. The molecule has 1 aromatic rings. The number of benzene rings is 1. The Bertz CT molecular complexity index is 889. The molecule has 3 aliphatic carbocycles. The van der Waals surface area contributed by atoms with Crippen LogP contribution in [0.1, 0.15) is 56.1 Å². The van der Waals surface area contributed by atoms with Crippen molar-refractivity contribution in [2.75, 3.05) is 26.2 Å². The van der Waals surface area contributed by atoms with Gasteiger partial charge in [-0.05, 0) is 86.0 Å². The van der Waals surface area contributed by atoms with Gasteiger partial charge in [0.25, 0.3) is 0 Å². The average Bonchev–Trinajstić information content (AvgIpc) is 3.36. The van der Waals surface area contributed by atoms with Crippen LogP contribution in [0.2, 0.25) is 0 Å². The van der Waals surface area contributed by atoms with Gasteiger partial charge in [0, 0.05) is 32.6 Å². The molecule has 0 spiro atoms. The molecule has 5 nitrogen and oxygen atoms in total. The molecule has 1 aromatic carbocycles. The van der Waals surface area contributed by atoms with Crippen LogP contribution in [0.5, 0.6) is 0 Å². The molecule has 4 aliphatic rings. The maximum Gasteiger partial charge on any atom is 0.243 e. The van der Waals surface area contributed by atoms with Gasteiger partial charge in [0.1, 0.15) is 0 Å². The highest BCUT2D eigenvalue weighted by molar-refractivity contribution is 7.89. The van der Waals surface area contributed by atoms with E-state index in [0.29, 0.717) is 43.4 Å². The summed E-state index contributed by atoms with van der Waals surface area (Å²) in [5.74, 6) is 2.41. The lowest BCUT2D eigenvalue weighted by molar-refractivity contribution is -0.133. The third-order valence-electron chi connectivity index (χ3n) is 7.87. The number of sulfonamides is 1. The summed E-state index contributed by atoms with van der Waals surface area (Å²) < 4.78 is 27.8.